The maximum absolute atomic E-state index is 12.5. The number of amides is 1. The molecule has 3 N–H and O–H groups in total. The second kappa shape index (κ2) is 9.13. The third kappa shape index (κ3) is 4.56. The molecule has 7 heteroatoms. The number of rotatable bonds is 7. The molecule has 2 aromatic carbocycles. The molecule has 4 rings (SSSR count). The maximum atomic E-state index is 12.5. The number of nitrogens with one attached hydrogen (secondary N) is 3. The predicted molar refractivity (Wildman–Crippen MR) is 120 cm³/mol. The van der Waals surface area contributed by atoms with E-state index in [0.717, 1.165) is 27.7 Å². The van der Waals surface area contributed by atoms with Crippen molar-refractivity contribution in [1.29, 1.82) is 0 Å². The van der Waals surface area contributed by atoms with Gasteiger partial charge in [0.25, 0.3) is 0 Å². The van der Waals surface area contributed by atoms with Crippen LogP contribution in [0.2, 0.25) is 0 Å². The summed E-state index contributed by atoms with van der Waals surface area (Å²) in [5, 5.41) is 5.08. The number of ether oxygens (including phenoxy) is 1. The molecule has 4 aromatic rings. The van der Waals surface area contributed by atoms with Crippen LogP contribution in [0.25, 0.3) is 22.2 Å². The molecule has 2 heterocycles. The normalized spacial score (nSPS) is 11.1. The van der Waals surface area contributed by atoms with Crippen LogP contribution in [0.4, 0.5) is 0 Å². The van der Waals surface area contributed by atoms with Crippen LogP contribution in [0.3, 0.4) is 0 Å². The average molecular weight is 414 g/mol. The predicted octanol–water partition coefficient (Wildman–Crippen LogP) is 4.03. The molecule has 7 nitrogen and oxygen atoms in total. The second-order valence-corrected chi connectivity index (χ2v) is 6.92. The molecule has 0 radical (unpaired) electrons. The molecule has 0 aliphatic carbocycles. The first kappa shape index (κ1) is 20.2. The summed E-state index contributed by atoms with van der Waals surface area (Å²) in [7, 11) is 0. The number of para-hydroxylation sites is 1. The molecular weight excluding hydrogens is 392 g/mol. The number of H-pyrrole nitrogens is 2. The van der Waals surface area contributed by atoms with E-state index in [1.165, 1.54) is 0 Å². The number of fused-ring (bicyclic) bond motifs is 1. The zero-order valence-corrected chi connectivity index (χ0v) is 17.0. The summed E-state index contributed by atoms with van der Waals surface area (Å²) in [6.45, 7) is 2.00. The van der Waals surface area contributed by atoms with Crippen LogP contribution < -0.4 is 5.43 Å². The zero-order chi connectivity index (χ0) is 21.6. The van der Waals surface area contributed by atoms with Gasteiger partial charge in [0.05, 0.1) is 24.8 Å². The highest BCUT2D eigenvalue weighted by molar-refractivity contribution is 5.99. The van der Waals surface area contributed by atoms with Crippen molar-refractivity contribution in [3.05, 3.63) is 83.7 Å². The minimum atomic E-state index is -0.467. The van der Waals surface area contributed by atoms with Gasteiger partial charge in [0.15, 0.2) is 0 Å². The second-order valence-electron chi connectivity index (χ2n) is 6.92. The maximum Gasteiger partial charge on any atom is 0.339 e. The number of aromatic amines is 2. The number of hydrogen-bond acceptors (Lipinski definition) is 4. The van der Waals surface area contributed by atoms with Crippen LogP contribution in [0.1, 0.15) is 28.5 Å². The fourth-order valence-electron chi connectivity index (χ4n) is 3.38. The van der Waals surface area contributed by atoms with Crippen molar-refractivity contribution in [2.75, 3.05) is 6.61 Å². The summed E-state index contributed by atoms with van der Waals surface area (Å²) >= 11 is 0. The molecule has 156 valence electrons. The third-order valence-electron chi connectivity index (χ3n) is 4.83. The molecule has 0 unspecified atom stereocenters. The lowest BCUT2D eigenvalue weighted by molar-refractivity contribution is -0.120. The highest BCUT2D eigenvalue weighted by atomic mass is 16.5. The first-order chi connectivity index (χ1) is 15.2. The van der Waals surface area contributed by atoms with Gasteiger partial charge in [-0.2, -0.15) is 5.10 Å². The first-order valence-corrected chi connectivity index (χ1v) is 9.98. The number of nitrogens with zero attached hydrogens (tertiary/aromatic N) is 1. The zero-order valence-electron chi connectivity index (χ0n) is 17.0. The monoisotopic (exact) mass is 414 g/mol. The van der Waals surface area contributed by atoms with Crippen molar-refractivity contribution in [3.63, 3.8) is 0 Å². The number of carbonyl (C=O) groups excluding carboxylic acids is 2. The van der Waals surface area contributed by atoms with Crippen LogP contribution in [0, 0.1) is 0 Å². The van der Waals surface area contributed by atoms with Gasteiger partial charge >= 0.3 is 5.97 Å². The molecule has 1 amide bonds. The molecule has 0 spiro atoms. The largest absolute Gasteiger partial charge is 0.462 e. The Bertz CT molecular complexity index is 1240. The lowest BCUT2D eigenvalue weighted by Crippen LogP contribution is -2.21. The fraction of sp³-hybridized carbons (Fsp3) is 0.125. The average Bonchev–Trinajstić information content (AvgIpc) is 3.39. The first-order valence-electron chi connectivity index (χ1n) is 9.98. The number of carbonyl (C=O) groups is 2. The van der Waals surface area contributed by atoms with E-state index in [9.17, 15) is 9.59 Å². The van der Waals surface area contributed by atoms with Crippen molar-refractivity contribution in [3.8, 4) is 11.3 Å². The molecule has 0 saturated carbocycles. The van der Waals surface area contributed by atoms with Crippen LogP contribution >= 0.6 is 0 Å². The Morgan fingerprint density at radius 1 is 1.10 bits per heavy atom. The summed E-state index contributed by atoms with van der Waals surface area (Å²) in [4.78, 5) is 31.2. The molecule has 0 bridgehead atoms. The Balaban J connectivity index is 1.50. The summed E-state index contributed by atoms with van der Waals surface area (Å²) < 4.78 is 5.15. The Hall–Kier alpha value is -4.13. The van der Waals surface area contributed by atoms with Crippen molar-refractivity contribution in [1.82, 2.24) is 15.4 Å². The number of hydrazone groups is 1. The third-order valence-corrected chi connectivity index (χ3v) is 4.83. The Kier molecular flexibility index (Phi) is 5.93. The minimum Gasteiger partial charge on any atom is -0.462 e. The van der Waals surface area contributed by atoms with Gasteiger partial charge in [0.2, 0.25) is 5.91 Å². The van der Waals surface area contributed by atoms with E-state index in [-0.39, 0.29) is 18.9 Å². The summed E-state index contributed by atoms with van der Waals surface area (Å²) in [6.07, 6.45) is 3.38. The standard InChI is InChI=1S/C24H22N4O3/c1-2-31-24(30)19-12-21(16-8-4-3-5-9-16)27-22(19)13-23(29)28-26-15-17-14-25-20-11-7-6-10-18(17)20/h3-12,14-15,25,27H,2,13H2,1H3,(H,28,29)/b26-15+. The smallest absolute Gasteiger partial charge is 0.339 e. The van der Waals surface area contributed by atoms with Gasteiger partial charge in [-0.05, 0) is 24.6 Å². The SMILES string of the molecule is CCOC(=O)c1cc(-c2ccccc2)[nH]c1CC(=O)N/N=C/c1c[nH]c2ccccc12. The van der Waals surface area contributed by atoms with Crippen molar-refractivity contribution in [2.24, 2.45) is 5.10 Å². The summed E-state index contributed by atoms with van der Waals surface area (Å²) in [6, 6.07) is 19.1. The van der Waals surface area contributed by atoms with E-state index in [2.05, 4.69) is 20.5 Å². The highest BCUT2D eigenvalue weighted by Gasteiger charge is 2.19. The molecule has 0 saturated heterocycles. The molecule has 31 heavy (non-hydrogen) atoms. The Morgan fingerprint density at radius 3 is 2.68 bits per heavy atom. The summed E-state index contributed by atoms with van der Waals surface area (Å²) in [5.74, 6) is -0.811. The van der Waals surface area contributed by atoms with Crippen molar-refractivity contribution >= 4 is 29.0 Å². The molecule has 0 fully saturated rings. The van der Waals surface area contributed by atoms with E-state index >= 15 is 0 Å². The van der Waals surface area contributed by atoms with Gasteiger partial charge in [-0.15, -0.1) is 0 Å². The van der Waals surface area contributed by atoms with Gasteiger partial charge in [-0.3, -0.25) is 4.79 Å². The van der Waals surface area contributed by atoms with Crippen LogP contribution in [0.5, 0.6) is 0 Å². The highest BCUT2D eigenvalue weighted by Crippen LogP contribution is 2.23. The van der Waals surface area contributed by atoms with Crippen LogP contribution in [-0.2, 0) is 16.0 Å². The topological polar surface area (TPSA) is 99.3 Å². The van der Waals surface area contributed by atoms with Gasteiger partial charge in [0, 0.05) is 34.1 Å². The van der Waals surface area contributed by atoms with Crippen molar-refractivity contribution < 1.29 is 14.3 Å². The van der Waals surface area contributed by atoms with E-state index in [1.807, 2.05) is 60.8 Å². The number of hydrogen-bond donors (Lipinski definition) is 3. The number of aromatic nitrogens is 2. The van der Waals surface area contributed by atoms with E-state index in [4.69, 9.17) is 4.74 Å². The quantitative estimate of drug-likeness (QED) is 0.242. The minimum absolute atomic E-state index is 0.0355. The molecular formula is C24H22N4O3. The lowest BCUT2D eigenvalue weighted by Gasteiger charge is -2.03. The van der Waals surface area contributed by atoms with Gasteiger partial charge in [-0.1, -0.05) is 48.5 Å². The van der Waals surface area contributed by atoms with E-state index in [0.29, 0.717) is 11.3 Å². The van der Waals surface area contributed by atoms with Crippen molar-refractivity contribution in [2.45, 2.75) is 13.3 Å². The number of benzene rings is 2. The Morgan fingerprint density at radius 2 is 1.87 bits per heavy atom. The lowest BCUT2D eigenvalue weighted by atomic mass is 10.1. The molecule has 0 atom stereocenters. The van der Waals surface area contributed by atoms with E-state index in [1.54, 1.807) is 19.2 Å². The number of esters is 1. The summed E-state index contributed by atoms with van der Waals surface area (Å²) in [5.41, 5.74) is 6.88. The van der Waals surface area contributed by atoms with Gasteiger partial charge in [0.1, 0.15) is 0 Å². The van der Waals surface area contributed by atoms with Crippen LogP contribution in [-0.4, -0.2) is 34.7 Å². The fourth-order valence-corrected chi connectivity index (χ4v) is 3.38. The van der Waals surface area contributed by atoms with E-state index < -0.39 is 5.97 Å². The Labute approximate surface area is 179 Å². The molecule has 0 aliphatic rings. The van der Waals surface area contributed by atoms with Gasteiger partial charge < -0.3 is 14.7 Å². The van der Waals surface area contributed by atoms with Gasteiger partial charge in [-0.25, -0.2) is 10.2 Å². The molecule has 0 aliphatic heterocycles. The molecule has 2 aromatic heterocycles. The van der Waals surface area contributed by atoms with Crippen LogP contribution in [0.15, 0.2) is 72.0 Å².